The van der Waals surface area contributed by atoms with Gasteiger partial charge in [-0.15, -0.1) is 0 Å². The molecule has 0 radical (unpaired) electrons. The average Bonchev–Trinajstić information content (AvgIpc) is 2.64. The second-order valence-corrected chi connectivity index (χ2v) is 6.76. The van der Waals surface area contributed by atoms with Crippen molar-refractivity contribution in [3.8, 4) is 5.75 Å². The molecular formula is C13H18N2OS2. The molecule has 0 saturated carbocycles. The van der Waals surface area contributed by atoms with Crippen LogP contribution in [0, 0.1) is 4.77 Å². The van der Waals surface area contributed by atoms with Gasteiger partial charge in [0.05, 0.1) is 18.1 Å². The number of rotatable bonds is 4. The number of hydrogen-bond donors (Lipinski definition) is 1. The van der Waals surface area contributed by atoms with Crippen LogP contribution in [0.2, 0.25) is 0 Å². The maximum atomic E-state index is 5.41. The molecule has 1 heterocycles. The van der Waals surface area contributed by atoms with E-state index in [1.807, 2.05) is 23.9 Å². The molecule has 0 spiro atoms. The highest BCUT2D eigenvalue weighted by atomic mass is 32.2. The fourth-order valence-corrected chi connectivity index (χ4v) is 2.40. The minimum Gasteiger partial charge on any atom is -0.497 e. The molecule has 0 aliphatic rings. The van der Waals surface area contributed by atoms with Gasteiger partial charge in [-0.3, -0.25) is 0 Å². The van der Waals surface area contributed by atoms with Gasteiger partial charge in [0.2, 0.25) is 0 Å². The van der Waals surface area contributed by atoms with Crippen molar-refractivity contribution in [2.45, 2.75) is 25.1 Å². The molecule has 18 heavy (non-hydrogen) atoms. The molecule has 0 atom stereocenters. The minimum absolute atomic E-state index is 0.160. The van der Waals surface area contributed by atoms with Crippen LogP contribution in [0.3, 0.4) is 0 Å². The summed E-state index contributed by atoms with van der Waals surface area (Å²) in [7, 11) is 1.67. The Labute approximate surface area is 117 Å². The standard InChI is InChI=1S/C13H18N2OS2/c1-13(2,18-4)8-15-11-6-5-9(16-3)7-10(11)14-12(15)17/h5-7H,8H2,1-4H3,(H,14,17). The number of nitrogens with zero attached hydrogens (tertiary/aromatic N) is 1. The number of fused-ring (bicyclic) bond motifs is 1. The number of methoxy groups -OCH3 is 1. The van der Waals surface area contributed by atoms with E-state index in [9.17, 15) is 0 Å². The molecule has 1 aromatic carbocycles. The lowest BCUT2D eigenvalue weighted by molar-refractivity contribution is 0.415. The van der Waals surface area contributed by atoms with Gasteiger partial charge in [0.1, 0.15) is 5.75 Å². The summed E-state index contributed by atoms with van der Waals surface area (Å²) in [6, 6.07) is 6.00. The number of aromatic nitrogens is 2. The van der Waals surface area contributed by atoms with E-state index in [4.69, 9.17) is 17.0 Å². The third-order valence-corrected chi connectivity index (χ3v) is 4.63. The highest BCUT2D eigenvalue weighted by Gasteiger charge is 2.18. The molecule has 0 bridgehead atoms. The Balaban J connectivity index is 2.51. The Morgan fingerprint density at radius 3 is 2.78 bits per heavy atom. The third kappa shape index (κ3) is 2.57. The zero-order valence-electron chi connectivity index (χ0n) is 11.1. The zero-order valence-corrected chi connectivity index (χ0v) is 12.7. The van der Waals surface area contributed by atoms with Crippen LogP contribution in [0.5, 0.6) is 5.75 Å². The van der Waals surface area contributed by atoms with Crippen LogP contribution < -0.4 is 4.74 Å². The van der Waals surface area contributed by atoms with Gasteiger partial charge in [-0.1, -0.05) is 0 Å². The second kappa shape index (κ2) is 4.97. The van der Waals surface area contributed by atoms with Gasteiger partial charge in [0, 0.05) is 17.4 Å². The molecule has 98 valence electrons. The topological polar surface area (TPSA) is 29.9 Å². The lowest BCUT2D eigenvalue weighted by Crippen LogP contribution is -2.22. The van der Waals surface area contributed by atoms with Crippen molar-refractivity contribution in [2.75, 3.05) is 13.4 Å². The summed E-state index contributed by atoms with van der Waals surface area (Å²) in [6.07, 6.45) is 2.13. The number of nitrogens with one attached hydrogen (secondary N) is 1. The Kier molecular flexibility index (Phi) is 3.73. The van der Waals surface area contributed by atoms with Gasteiger partial charge in [0.15, 0.2) is 4.77 Å². The summed E-state index contributed by atoms with van der Waals surface area (Å²) in [6.45, 7) is 5.34. The van der Waals surface area contributed by atoms with Crippen molar-refractivity contribution in [3.05, 3.63) is 23.0 Å². The first-order chi connectivity index (χ1) is 8.46. The zero-order chi connectivity index (χ0) is 13.3. The molecule has 1 N–H and O–H groups in total. The second-order valence-electron chi connectivity index (χ2n) is 4.86. The molecule has 0 saturated heterocycles. The molecule has 1 aromatic heterocycles. The molecule has 0 aliphatic carbocycles. The quantitative estimate of drug-likeness (QED) is 0.864. The predicted octanol–water partition coefficient (Wildman–Crippen LogP) is 3.85. The Bertz CT molecular complexity index is 613. The van der Waals surface area contributed by atoms with Gasteiger partial charge in [-0.25, -0.2) is 0 Å². The predicted molar refractivity (Wildman–Crippen MR) is 81.3 cm³/mol. The molecule has 2 aromatic rings. The summed E-state index contributed by atoms with van der Waals surface area (Å²) in [5.74, 6) is 0.843. The van der Waals surface area contributed by atoms with Crippen molar-refractivity contribution in [3.63, 3.8) is 0 Å². The van der Waals surface area contributed by atoms with Gasteiger partial charge in [0.25, 0.3) is 0 Å². The van der Waals surface area contributed by atoms with E-state index in [0.29, 0.717) is 0 Å². The molecule has 0 fully saturated rings. The minimum atomic E-state index is 0.160. The molecule has 3 nitrogen and oxygen atoms in total. The highest BCUT2D eigenvalue weighted by molar-refractivity contribution is 7.99. The smallest absolute Gasteiger partial charge is 0.178 e. The van der Waals surface area contributed by atoms with Gasteiger partial charge < -0.3 is 14.3 Å². The van der Waals surface area contributed by atoms with Crippen LogP contribution in [0.4, 0.5) is 0 Å². The number of thioether (sulfide) groups is 1. The fourth-order valence-electron chi connectivity index (χ4n) is 1.87. The largest absolute Gasteiger partial charge is 0.497 e. The van der Waals surface area contributed by atoms with E-state index < -0.39 is 0 Å². The first-order valence-electron chi connectivity index (χ1n) is 5.78. The van der Waals surface area contributed by atoms with E-state index in [1.165, 1.54) is 0 Å². The summed E-state index contributed by atoms with van der Waals surface area (Å²) in [4.78, 5) is 3.24. The van der Waals surface area contributed by atoms with Crippen LogP contribution in [-0.4, -0.2) is 27.7 Å². The Morgan fingerprint density at radius 2 is 2.17 bits per heavy atom. The molecule has 0 unspecified atom stereocenters. The van der Waals surface area contributed by atoms with Gasteiger partial charge in [-0.05, 0) is 44.5 Å². The normalized spacial score (nSPS) is 12.0. The lowest BCUT2D eigenvalue weighted by Gasteiger charge is -2.22. The van der Waals surface area contributed by atoms with Crippen LogP contribution >= 0.6 is 24.0 Å². The molecule has 0 amide bonds. The summed E-state index contributed by atoms with van der Waals surface area (Å²) < 4.78 is 8.30. The van der Waals surface area contributed by atoms with Crippen molar-refractivity contribution in [1.29, 1.82) is 0 Å². The van der Waals surface area contributed by atoms with Crippen molar-refractivity contribution in [2.24, 2.45) is 0 Å². The van der Waals surface area contributed by atoms with Crippen molar-refractivity contribution < 1.29 is 4.74 Å². The number of aromatic amines is 1. The molecular weight excluding hydrogens is 264 g/mol. The maximum Gasteiger partial charge on any atom is 0.178 e. The van der Waals surface area contributed by atoms with E-state index in [0.717, 1.165) is 28.1 Å². The van der Waals surface area contributed by atoms with E-state index in [1.54, 1.807) is 7.11 Å². The molecule has 2 rings (SSSR count). The summed E-state index contributed by atoms with van der Waals surface area (Å²) in [5.41, 5.74) is 2.15. The average molecular weight is 282 g/mol. The highest BCUT2D eigenvalue weighted by Crippen LogP contribution is 2.27. The Morgan fingerprint density at radius 1 is 1.44 bits per heavy atom. The third-order valence-electron chi connectivity index (χ3n) is 3.07. The fraction of sp³-hybridized carbons (Fsp3) is 0.462. The summed E-state index contributed by atoms with van der Waals surface area (Å²) >= 11 is 7.25. The molecule has 0 aliphatic heterocycles. The Hall–Kier alpha value is -0.940. The van der Waals surface area contributed by atoms with Crippen LogP contribution in [0.25, 0.3) is 11.0 Å². The number of benzene rings is 1. The van der Waals surface area contributed by atoms with Crippen LogP contribution in [0.15, 0.2) is 18.2 Å². The van der Waals surface area contributed by atoms with E-state index >= 15 is 0 Å². The van der Waals surface area contributed by atoms with E-state index in [-0.39, 0.29) is 4.75 Å². The van der Waals surface area contributed by atoms with Crippen LogP contribution in [0.1, 0.15) is 13.8 Å². The van der Waals surface area contributed by atoms with Crippen LogP contribution in [-0.2, 0) is 6.54 Å². The SMILES string of the molecule is COc1ccc2c(c1)[nH]c(=S)n2CC(C)(C)SC. The lowest BCUT2D eigenvalue weighted by atomic mass is 10.2. The number of H-pyrrole nitrogens is 1. The first-order valence-corrected chi connectivity index (χ1v) is 7.42. The van der Waals surface area contributed by atoms with Gasteiger partial charge in [-0.2, -0.15) is 11.8 Å². The van der Waals surface area contributed by atoms with Crippen molar-refractivity contribution >= 4 is 35.0 Å². The monoisotopic (exact) mass is 282 g/mol. The van der Waals surface area contributed by atoms with Gasteiger partial charge >= 0.3 is 0 Å². The molecule has 5 heteroatoms. The summed E-state index contributed by atoms with van der Waals surface area (Å²) in [5, 5.41) is 0. The number of ether oxygens (including phenoxy) is 1. The van der Waals surface area contributed by atoms with Crippen molar-refractivity contribution in [1.82, 2.24) is 9.55 Å². The number of hydrogen-bond acceptors (Lipinski definition) is 3. The number of imidazole rings is 1. The van der Waals surface area contributed by atoms with E-state index in [2.05, 4.69) is 35.7 Å². The maximum absolute atomic E-state index is 5.41. The first kappa shape index (κ1) is 13.5.